The van der Waals surface area contributed by atoms with Crippen LogP contribution < -0.4 is 4.74 Å². The highest BCUT2D eigenvalue weighted by Crippen LogP contribution is 2.32. The molecule has 0 atom stereocenters. The summed E-state index contributed by atoms with van der Waals surface area (Å²) in [4.78, 5) is 2.58. The van der Waals surface area contributed by atoms with E-state index in [9.17, 15) is 0 Å². The molecule has 1 heterocycles. The van der Waals surface area contributed by atoms with Gasteiger partial charge in [0.15, 0.2) is 0 Å². The Morgan fingerprint density at radius 2 is 1.38 bits per heavy atom. The number of nitrogens with zero attached hydrogens (tertiary/aromatic N) is 1. The molecule has 0 N–H and O–H groups in total. The van der Waals surface area contributed by atoms with E-state index in [2.05, 4.69) is 85.5 Å². The Morgan fingerprint density at radius 3 is 2.09 bits per heavy atom. The molecule has 0 bridgehead atoms. The normalized spacial score (nSPS) is 14.8. The van der Waals surface area contributed by atoms with Gasteiger partial charge in [-0.1, -0.05) is 72.8 Å². The van der Waals surface area contributed by atoms with Crippen LogP contribution in [0.2, 0.25) is 0 Å². The van der Waals surface area contributed by atoms with Gasteiger partial charge in [0.2, 0.25) is 0 Å². The first-order valence-electron chi connectivity index (χ1n) is 12.4. The van der Waals surface area contributed by atoms with E-state index in [-0.39, 0.29) is 0 Å². The van der Waals surface area contributed by atoms with Crippen LogP contribution in [0.15, 0.2) is 97.1 Å². The zero-order valence-corrected chi connectivity index (χ0v) is 20.2. The van der Waals surface area contributed by atoms with Gasteiger partial charge in [0.25, 0.3) is 0 Å². The predicted octanol–water partition coefficient (Wildman–Crippen LogP) is 8.14. The number of aryl methyl sites for hydroxylation is 1. The molecular weight excluding hydrogens is 414 g/mol. The van der Waals surface area contributed by atoms with Gasteiger partial charge in [-0.15, -0.1) is 0 Å². The van der Waals surface area contributed by atoms with Crippen LogP contribution in [0.4, 0.5) is 0 Å². The summed E-state index contributed by atoms with van der Waals surface area (Å²) in [5.41, 5.74) is 8.23. The summed E-state index contributed by atoms with van der Waals surface area (Å²) in [6.07, 6.45) is 2.44. The third kappa shape index (κ3) is 5.24. The van der Waals surface area contributed by atoms with Crippen LogP contribution in [0, 0.1) is 13.8 Å². The minimum Gasteiger partial charge on any atom is -0.457 e. The first kappa shape index (κ1) is 22.4. The number of ether oxygens (including phenoxy) is 1. The second kappa shape index (κ2) is 10.3. The van der Waals surface area contributed by atoms with Gasteiger partial charge < -0.3 is 4.74 Å². The van der Waals surface area contributed by atoms with Crippen molar-refractivity contribution in [3.63, 3.8) is 0 Å². The van der Waals surface area contributed by atoms with Crippen LogP contribution in [0.1, 0.15) is 41.0 Å². The maximum absolute atomic E-state index is 5.92. The largest absolute Gasteiger partial charge is 0.457 e. The van der Waals surface area contributed by atoms with Crippen LogP contribution in [0.25, 0.3) is 11.1 Å². The molecule has 1 saturated heterocycles. The Labute approximate surface area is 203 Å². The van der Waals surface area contributed by atoms with Crippen LogP contribution >= 0.6 is 0 Å². The lowest BCUT2D eigenvalue weighted by Crippen LogP contribution is -2.32. The number of likely N-dealkylation sites (tertiary alicyclic amines) is 1. The molecule has 4 aromatic rings. The van der Waals surface area contributed by atoms with Crippen molar-refractivity contribution in [2.45, 2.75) is 39.2 Å². The summed E-state index contributed by atoms with van der Waals surface area (Å²) in [6, 6.07) is 34.4. The van der Waals surface area contributed by atoms with Gasteiger partial charge >= 0.3 is 0 Å². The quantitative estimate of drug-likeness (QED) is 0.296. The summed E-state index contributed by atoms with van der Waals surface area (Å²) in [6.45, 7) is 7.70. The number of hydrogen-bond acceptors (Lipinski definition) is 2. The molecule has 1 aliphatic heterocycles. The summed E-state index contributed by atoms with van der Waals surface area (Å²) in [5, 5.41) is 0. The predicted molar refractivity (Wildman–Crippen MR) is 142 cm³/mol. The monoisotopic (exact) mass is 447 g/mol. The number of rotatable bonds is 6. The zero-order valence-electron chi connectivity index (χ0n) is 20.2. The highest BCUT2D eigenvalue weighted by atomic mass is 16.5. The van der Waals surface area contributed by atoms with E-state index in [1.165, 1.54) is 46.2 Å². The summed E-state index contributed by atoms with van der Waals surface area (Å²) >= 11 is 0. The average molecular weight is 448 g/mol. The van der Waals surface area contributed by atoms with E-state index in [1.807, 2.05) is 30.3 Å². The zero-order chi connectivity index (χ0) is 23.3. The molecule has 5 rings (SSSR count). The van der Waals surface area contributed by atoms with E-state index in [0.717, 1.165) is 31.1 Å². The molecule has 0 amide bonds. The maximum atomic E-state index is 5.92. The SMILES string of the molecule is Cc1cccc(-c2ccc(C3CCN(Cc4ccc(Oc5ccccc5)cc4)CC3)cc2)c1C. The highest BCUT2D eigenvalue weighted by Gasteiger charge is 2.21. The van der Waals surface area contributed by atoms with Crippen molar-refractivity contribution in [2.75, 3.05) is 13.1 Å². The van der Waals surface area contributed by atoms with E-state index in [1.54, 1.807) is 0 Å². The number of benzene rings is 4. The molecule has 172 valence electrons. The summed E-state index contributed by atoms with van der Waals surface area (Å²) < 4.78 is 5.92. The van der Waals surface area contributed by atoms with Crippen molar-refractivity contribution in [3.05, 3.63) is 119 Å². The Balaban J connectivity index is 1.15. The third-order valence-electron chi connectivity index (χ3n) is 7.19. The lowest BCUT2D eigenvalue weighted by Gasteiger charge is -2.32. The van der Waals surface area contributed by atoms with Crippen molar-refractivity contribution in [1.82, 2.24) is 4.90 Å². The van der Waals surface area contributed by atoms with E-state index >= 15 is 0 Å². The second-order valence-corrected chi connectivity index (χ2v) is 9.48. The smallest absolute Gasteiger partial charge is 0.127 e. The Morgan fingerprint density at radius 1 is 0.706 bits per heavy atom. The van der Waals surface area contributed by atoms with Gasteiger partial charge in [-0.2, -0.15) is 0 Å². The molecule has 0 unspecified atom stereocenters. The molecule has 0 aliphatic carbocycles. The fraction of sp³-hybridized carbons (Fsp3) is 0.250. The van der Waals surface area contributed by atoms with E-state index < -0.39 is 0 Å². The Hall–Kier alpha value is -3.36. The fourth-order valence-electron chi connectivity index (χ4n) is 4.97. The lowest BCUT2D eigenvalue weighted by molar-refractivity contribution is 0.204. The first-order valence-corrected chi connectivity index (χ1v) is 12.4. The number of piperidine rings is 1. The van der Waals surface area contributed by atoms with Gasteiger partial charge in [0.1, 0.15) is 11.5 Å². The second-order valence-electron chi connectivity index (χ2n) is 9.48. The number of para-hydroxylation sites is 1. The first-order chi connectivity index (χ1) is 16.7. The average Bonchev–Trinajstić information content (AvgIpc) is 2.88. The third-order valence-corrected chi connectivity index (χ3v) is 7.19. The molecule has 2 nitrogen and oxygen atoms in total. The molecule has 1 aliphatic rings. The summed E-state index contributed by atoms with van der Waals surface area (Å²) in [7, 11) is 0. The molecule has 0 spiro atoms. The van der Waals surface area contributed by atoms with Crippen molar-refractivity contribution in [2.24, 2.45) is 0 Å². The van der Waals surface area contributed by atoms with Crippen LogP contribution in [0.3, 0.4) is 0 Å². The van der Waals surface area contributed by atoms with Crippen molar-refractivity contribution >= 4 is 0 Å². The molecular formula is C32H33NO. The lowest BCUT2D eigenvalue weighted by atomic mass is 9.88. The molecule has 0 aromatic heterocycles. The van der Waals surface area contributed by atoms with Gasteiger partial charge in [-0.25, -0.2) is 0 Å². The van der Waals surface area contributed by atoms with Crippen molar-refractivity contribution in [1.29, 1.82) is 0 Å². The highest BCUT2D eigenvalue weighted by molar-refractivity contribution is 5.68. The minimum atomic E-state index is 0.658. The van der Waals surface area contributed by atoms with Gasteiger partial charge in [-0.3, -0.25) is 4.90 Å². The van der Waals surface area contributed by atoms with Crippen molar-refractivity contribution < 1.29 is 4.74 Å². The van der Waals surface area contributed by atoms with Crippen LogP contribution in [-0.2, 0) is 6.54 Å². The molecule has 0 radical (unpaired) electrons. The Bertz CT molecular complexity index is 1200. The number of hydrogen-bond donors (Lipinski definition) is 0. The van der Waals surface area contributed by atoms with Gasteiger partial charge in [-0.05, 0) is 103 Å². The van der Waals surface area contributed by atoms with Crippen LogP contribution in [0.5, 0.6) is 11.5 Å². The molecule has 34 heavy (non-hydrogen) atoms. The van der Waals surface area contributed by atoms with E-state index in [0.29, 0.717) is 5.92 Å². The maximum Gasteiger partial charge on any atom is 0.127 e. The van der Waals surface area contributed by atoms with Gasteiger partial charge in [0.05, 0.1) is 0 Å². The summed E-state index contributed by atoms with van der Waals surface area (Å²) in [5.74, 6) is 2.42. The topological polar surface area (TPSA) is 12.5 Å². The van der Waals surface area contributed by atoms with Crippen molar-refractivity contribution in [3.8, 4) is 22.6 Å². The van der Waals surface area contributed by atoms with Gasteiger partial charge in [0, 0.05) is 6.54 Å². The molecule has 4 aromatic carbocycles. The van der Waals surface area contributed by atoms with Crippen LogP contribution in [-0.4, -0.2) is 18.0 Å². The molecule has 1 fully saturated rings. The Kier molecular flexibility index (Phi) is 6.78. The fourth-order valence-corrected chi connectivity index (χ4v) is 4.97. The standard InChI is InChI=1S/C32H33NO/c1-24-7-6-10-32(25(24)2)29-15-13-27(14-16-29)28-19-21-33(22-20-28)23-26-11-17-31(18-12-26)34-30-8-4-3-5-9-30/h3-18,28H,19-23H2,1-2H3. The van der Waals surface area contributed by atoms with E-state index in [4.69, 9.17) is 4.74 Å². The minimum absolute atomic E-state index is 0.658. The molecule has 2 heteroatoms. The molecule has 0 saturated carbocycles.